The van der Waals surface area contributed by atoms with E-state index in [4.69, 9.17) is 9.84 Å². The quantitative estimate of drug-likeness (QED) is 0.764. The van der Waals surface area contributed by atoms with Gasteiger partial charge in [0.1, 0.15) is 5.75 Å². The lowest BCUT2D eigenvalue weighted by atomic mass is 10.2. The third-order valence-electron chi connectivity index (χ3n) is 2.41. The Bertz CT molecular complexity index is 595. The summed E-state index contributed by atoms with van der Waals surface area (Å²) in [5, 5.41) is 9.02. The number of carbonyl (C=O) groups excluding carboxylic acids is 1. The predicted octanol–water partition coefficient (Wildman–Crippen LogP) is 4.03. The normalized spacial score (nSPS) is 10.5. The van der Waals surface area contributed by atoms with Crippen LogP contribution in [0.25, 0.3) is 0 Å². The highest BCUT2D eigenvalue weighted by Gasteiger charge is 2.14. The van der Waals surface area contributed by atoms with E-state index in [1.165, 1.54) is 11.3 Å². The molecule has 0 fully saturated rings. The number of ether oxygens (including phenoxy) is 1. The molecule has 100 valence electrons. The van der Waals surface area contributed by atoms with Crippen molar-refractivity contribution >= 4 is 49.0 Å². The average Bonchev–Trinajstić information content (AvgIpc) is 2.75. The molecule has 0 atom stereocenters. The molecule has 0 amide bonds. The summed E-state index contributed by atoms with van der Waals surface area (Å²) in [5.41, 5.74) is 1.36. The highest BCUT2D eigenvalue weighted by molar-refractivity contribution is 9.12. The monoisotopic (exact) mass is 404 g/mol. The van der Waals surface area contributed by atoms with Crippen LogP contribution in [0.5, 0.6) is 5.75 Å². The van der Waals surface area contributed by atoms with Gasteiger partial charge in [-0.15, -0.1) is 11.3 Å². The van der Waals surface area contributed by atoms with E-state index < -0.39 is 0 Å². The topological polar surface area (TPSA) is 46.5 Å². The lowest BCUT2D eigenvalue weighted by Gasteiger charge is -2.06. The predicted molar refractivity (Wildman–Crippen MR) is 81.9 cm³/mol. The van der Waals surface area contributed by atoms with Crippen molar-refractivity contribution in [1.82, 2.24) is 0 Å². The van der Waals surface area contributed by atoms with Crippen LogP contribution in [0, 0.1) is 0 Å². The molecule has 0 saturated heterocycles. The summed E-state index contributed by atoms with van der Waals surface area (Å²) in [4.78, 5) is 12.0. The summed E-state index contributed by atoms with van der Waals surface area (Å²) in [6.45, 7) is -0.0785. The Morgan fingerprint density at radius 2 is 2.11 bits per heavy atom. The maximum absolute atomic E-state index is 12.0. The molecule has 0 radical (unpaired) electrons. The van der Waals surface area contributed by atoms with Gasteiger partial charge in [-0.2, -0.15) is 0 Å². The number of thiophene rings is 1. The van der Waals surface area contributed by atoms with Crippen LogP contribution in [0.4, 0.5) is 0 Å². The van der Waals surface area contributed by atoms with Crippen LogP contribution < -0.4 is 4.74 Å². The number of rotatable bonds is 5. The molecule has 1 aromatic heterocycles. The maximum atomic E-state index is 12.0. The van der Waals surface area contributed by atoms with E-state index >= 15 is 0 Å². The Kier molecular flexibility index (Phi) is 5.15. The van der Waals surface area contributed by atoms with E-state index in [0.717, 1.165) is 13.1 Å². The van der Waals surface area contributed by atoms with Gasteiger partial charge in [0.05, 0.1) is 14.2 Å². The standard InChI is InChI=1S/C13H10Br2O3S/c14-12-5-10(13(15)19-12)11(17)7-18-9-3-1-2-8(4-9)6-16/h1-5,16H,6-7H2. The number of aliphatic hydroxyl groups excluding tert-OH is 1. The van der Waals surface area contributed by atoms with Crippen LogP contribution in [0.15, 0.2) is 37.9 Å². The fourth-order valence-electron chi connectivity index (χ4n) is 1.49. The van der Waals surface area contributed by atoms with E-state index in [9.17, 15) is 4.79 Å². The third kappa shape index (κ3) is 3.89. The van der Waals surface area contributed by atoms with E-state index in [-0.39, 0.29) is 19.0 Å². The first-order valence-corrected chi connectivity index (χ1v) is 7.81. The van der Waals surface area contributed by atoms with Crippen molar-refractivity contribution < 1.29 is 14.6 Å². The summed E-state index contributed by atoms with van der Waals surface area (Å²) in [5.74, 6) is 0.480. The van der Waals surface area contributed by atoms with Crippen molar-refractivity contribution in [3.05, 3.63) is 49.0 Å². The van der Waals surface area contributed by atoms with Crippen molar-refractivity contribution in [1.29, 1.82) is 0 Å². The molecular weight excluding hydrogens is 396 g/mol. The number of benzene rings is 1. The minimum atomic E-state index is -0.0942. The average molecular weight is 406 g/mol. The van der Waals surface area contributed by atoms with Gasteiger partial charge in [0, 0.05) is 5.56 Å². The molecule has 1 aromatic carbocycles. The Balaban J connectivity index is 2.02. The van der Waals surface area contributed by atoms with E-state index in [1.807, 2.05) is 0 Å². The van der Waals surface area contributed by atoms with Crippen molar-refractivity contribution in [2.45, 2.75) is 6.61 Å². The number of aliphatic hydroxyl groups is 1. The van der Waals surface area contributed by atoms with Gasteiger partial charge in [-0.25, -0.2) is 0 Å². The van der Waals surface area contributed by atoms with Gasteiger partial charge in [0.15, 0.2) is 6.61 Å². The second-order valence-corrected chi connectivity index (χ2v) is 7.50. The molecule has 0 aliphatic carbocycles. The molecule has 0 aliphatic heterocycles. The summed E-state index contributed by atoms with van der Waals surface area (Å²) in [6, 6.07) is 8.81. The number of hydrogen-bond donors (Lipinski definition) is 1. The summed E-state index contributed by atoms with van der Waals surface area (Å²) < 4.78 is 7.12. The Morgan fingerprint density at radius 1 is 1.32 bits per heavy atom. The fourth-order valence-corrected chi connectivity index (χ4v) is 4.35. The SMILES string of the molecule is O=C(COc1cccc(CO)c1)c1cc(Br)sc1Br. The first kappa shape index (κ1) is 14.7. The zero-order valence-electron chi connectivity index (χ0n) is 9.73. The minimum absolute atomic E-state index is 0.0311. The molecule has 1 N–H and O–H groups in total. The largest absolute Gasteiger partial charge is 0.485 e. The zero-order chi connectivity index (χ0) is 13.8. The molecule has 0 spiro atoms. The lowest BCUT2D eigenvalue weighted by Crippen LogP contribution is -2.11. The first-order chi connectivity index (χ1) is 9.10. The van der Waals surface area contributed by atoms with Crippen LogP contribution in [0.2, 0.25) is 0 Å². The van der Waals surface area contributed by atoms with Crippen LogP contribution in [-0.2, 0) is 6.61 Å². The Morgan fingerprint density at radius 3 is 2.74 bits per heavy atom. The summed E-state index contributed by atoms with van der Waals surface area (Å²) in [7, 11) is 0. The van der Waals surface area contributed by atoms with Crippen LogP contribution in [0.1, 0.15) is 15.9 Å². The fraction of sp³-hybridized carbons (Fsp3) is 0.154. The maximum Gasteiger partial charge on any atom is 0.202 e. The number of hydrogen-bond acceptors (Lipinski definition) is 4. The first-order valence-electron chi connectivity index (χ1n) is 5.41. The third-order valence-corrected chi connectivity index (χ3v) is 4.75. The molecule has 19 heavy (non-hydrogen) atoms. The Labute approximate surface area is 131 Å². The van der Waals surface area contributed by atoms with Gasteiger partial charge in [-0.1, -0.05) is 12.1 Å². The van der Waals surface area contributed by atoms with Crippen molar-refractivity contribution in [3.8, 4) is 5.75 Å². The van der Waals surface area contributed by atoms with Gasteiger partial charge in [-0.05, 0) is 55.6 Å². The van der Waals surface area contributed by atoms with E-state index in [0.29, 0.717) is 11.3 Å². The zero-order valence-corrected chi connectivity index (χ0v) is 13.7. The second-order valence-electron chi connectivity index (χ2n) is 3.76. The molecule has 0 unspecified atom stereocenters. The van der Waals surface area contributed by atoms with E-state index in [2.05, 4.69) is 31.9 Å². The van der Waals surface area contributed by atoms with Crippen LogP contribution in [-0.4, -0.2) is 17.5 Å². The number of Topliss-reactive ketones (excluding diaryl/α,β-unsaturated/α-hetero) is 1. The molecule has 0 bridgehead atoms. The number of halogens is 2. The van der Waals surface area contributed by atoms with Crippen LogP contribution >= 0.6 is 43.2 Å². The van der Waals surface area contributed by atoms with Crippen molar-refractivity contribution in [3.63, 3.8) is 0 Å². The van der Waals surface area contributed by atoms with Gasteiger partial charge < -0.3 is 9.84 Å². The van der Waals surface area contributed by atoms with Gasteiger partial charge >= 0.3 is 0 Å². The molecular formula is C13H10Br2O3S. The lowest BCUT2D eigenvalue weighted by molar-refractivity contribution is 0.0921. The molecule has 0 aliphatic rings. The van der Waals surface area contributed by atoms with Gasteiger partial charge in [0.2, 0.25) is 5.78 Å². The molecule has 1 heterocycles. The van der Waals surface area contributed by atoms with Gasteiger partial charge in [-0.3, -0.25) is 4.79 Å². The number of ketones is 1. The molecule has 2 rings (SSSR count). The van der Waals surface area contributed by atoms with E-state index in [1.54, 1.807) is 30.3 Å². The molecule has 0 saturated carbocycles. The van der Waals surface area contributed by atoms with Crippen LogP contribution in [0.3, 0.4) is 0 Å². The molecule has 3 nitrogen and oxygen atoms in total. The highest BCUT2D eigenvalue weighted by atomic mass is 79.9. The van der Waals surface area contributed by atoms with Crippen molar-refractivity contribution in [2.24, 2.45) is 0 Å². The van der Waals surface area contributed by atoms with Crippen molar-refractivity contribution in [2.75, 3.05) is 6.61 Å². The highest BCUT2D eigenvalue weighted by Crippen LogP contribution is 2.32. The summed E-state index contributed by atoms with van der Waals surface area (Å²) in [6.07, 6.45) is 0. The van der Waals surface area contributed by atoms with Gasteiger partial charge in [0.25, 0.3) is 0 Å². The second kappa shape index (κ2) is 6.65. The molecule has 2 aromatic rings. The smallest absolute Gasteiger partial charge is 0.202 e. The number of carbonyl (C=O) groups is 1. The minimum Gasteiger partial charge on any atom is -0.485 e. The molecule has 6 heteroatoms. The Hall–Kier alpha value is -0.690. The summed E-state index contributed by atoms with van der Waals surface area (Å²) >= 11 is 8.13.